The summed E-state index contributed by atoms with van der Waals surface area (Å²) >= 11 is 0. The molecule has 1 heterocycles. The summed E-state index contributed by atoms with van der Waals surface area (Å²) in [5.41, 5.74) is 7.54. The minimum Gasteiger partial charge on any atom is -0.376 e. The Labute approximate surface area is 180 Å². The minimum atomic E-state index is -0.249. The summed E-state index contributed by atoms with van der Waals surface area (Å²) in [4.78, 5) is 12.1. The van der Waals surface area contributed by atoms with Crippen molar-refractivity contribution in [1.29, 1.82) is 0 Å². The molecule has 6 heteroatoms. The van der Waals surface area contributed by atoms with E-state index < -0.39 is 0 Å². The van der Waals surface area contributed by atoms with Crippen molar-refractivity contribution in [2.45, 2.75) is 13.5 Å². The fraction of sp³-hybridized carbons (Fsp3) is 0.120. The van der Waals surface area contributed by atoms with Crippen LogP contribution in [0.4, 0.5) is 10.1 Å². The van der Waals surface area contributed by atoms with E-state index in [0.29, 0.717) is 6.54 Å². The molecule has 3 aromatic carbocycles. The molecule has 0 unspecified atom stereocenters. The van der Waals surface area contributed by atoms with E-state index in [-0.39, 0.29) is 18.3 Å². The Hall–Kier alpha value is -3.93. The highest BCUT2D eigenvalue weighted by Crippen LogP contribution is 2.21. The van der Waals surface area contributed by atoms with Gasteiger partial charge >= 0.3 is 0 Å². The first-order valence-electron chi connectivity index (χ1n) is 10.0. The number of aryl methyl sites for hydroxylation is 1. The number of benzene rings is 3. The number of carbonyl (C=O) groups excluding carboxylic acids is 1. The maximum atomic E-state index is 13.2. The number of hydrazone groups is 1. The van der Waals surface area contributed by atoms with E-state index in [1.807, 2.05) is 61.7 Å². The molecule has 5 nitrogen and oxygen atoms in total. The van der Waals surface area contributed by atoms with Gasteiger partial charge in [0.1, 0.15) is 5.82 Å². The molecule has 0 bridgehead atoms. The number of nitrogens with zero attached hydrogens (tertiary/aromatic N) is 2. The summed E-state index contributed by atoms with van der Waals surface area (Å²) < 4.78 is 15.3. The van der Waals surface area contributed by atoms with E-state index in [0.717, 1.165) is 33.3 Å². The largest absolute Gasteiger partial charge is 0.376 e. The number of aromatic nitrogens is 1. The van der Waals surface area contributed by atoms with Crippen molar-refractivity contribution in [3.63, 3.8) is 0 Å². The van der Waals surface area contributed by atoms with Gasteiger partial charge in [0, 0.05) is 34.9 Å². The van der Waals surface area contributed by atoms with Gasteiger partial charge < -0.3 is 9.88 Å². The lowest BCUT2D eigenvalue weighted by Gasteiger charge is -2.05. The lowest BCUT2D eigenvalue weighted by molar-refractivity contribution is -0.119. The van der Waals surface area contributed by atoms with Gasteiger partial charge in [-0.25, -0.2) is 9.82 Å². The van der Waals surface area contributed by atoms with Crippen molar-refractivity contribution in [2.24, 2.45) is 5.10 Å². The van der Waals surface area contributed by atoms with Crippen molar-refractivity contribution in [2.75, 3.05) is 11.9 Å². The molecule has 4 rings (SSSR count). The van der Waals surface area contributed by atoms with Crippen molar-refractivity contribution in [3.05, 3.63) is 102 Å². The van der Waals surface area contributed by atoms with Gasteiger partial charge in [-0.2, -0.15) is 5.10 Å². The maximum Gasteiger partial charge on any atom is 0.259 e. The molecular weight excluding hydrogens is 391 g/mol. The van der Waals surface area contributed by atoms with E-state index >= 15 is 0 Å². The summed E-state index contributed by atoms with van der Waals surface area (Å²) in [6, 6.07) is 22.3. The molecule has 0 atom stereocenters. The van der Waals surface area contributed by atoms with Gasteiger partial charge in [0.05, 0.1) is 12.8 Å². The van der Waals surface area contributed by atoms with Crippen molar-refractivity contribution < 1.29 is 9.18 Å². The number of para-hydroxylation sites is 1. The quantitative estimate of drug-likeness (QED) is 0.340. The SMILES string of the molecule is Cc1ccc(NCC(=O)N/N=C\c2cn(Cc3ccc(F)cc3)c3ccccc23)cc1. The molecule has 4 aromatic rings. The van der Waals surface area contributed by atoms with E-state index in [1.165, 1.54) is 12.1 Å². The highest BCUT2D eigenvalue weighted by Gasteiger charge is 2.08. The number of fused-ring (bicyclic) bond motifs is 1. The number of hydrogen-bond donors (Lipinski definition) is 2. The van der Waals surface area contributed by atoms with Crippen LogP contribution in [0, 0.1) is 12.7 Å². The molecule has 0 saturated heterocycles. The second kappa shape index (κ2) is 9.26. The predicted molar refractivity (Wildman–Crippen MR) is 123 cm³/mol. The highest BCUT2D eigenvalue weighted by atomic mass is 19.1. The summed E-state index contributed by atoms with van der Waals surface area (Å²) in [5, 5.41) is 8.22. The normalized spacial score (nSPS) is 11.2. The van der Waals surface area contributed by atoms with Crippen molar-refractivity contribution in [3.8, 4) is 0 Å². The first-order valence-corrected chi connectivity index (χ1v) is 10.0. The van der Waals surface area contributed by atoms with Crippen LogP contribution < -0.4 is 10.7 Å². The molecule has 156 valence electrons. The van der Waals surface area contributed by atoms with Crippen LogP contribution in [0.3, 0.4) is 0 Å². The lowest BCUT2D eigenvalue weighted by atomic mass is 10.2. The molecule has 0 fully saturated rings. The average Bonchev–Trinajstić information content (AvgIpc) is 3.12. The first-order chi connectivity index (χ1) is 15.1. The summed E-state index contributed by atoms with van der Waals surface area (Å²) in [6.45, 7) is 2.76. The number of carbonyl (C=O) groups is 1. The lowest BCUT2D eigenvalue weighted by Crippen LogP contribution is -2.25. The minimum absolute atomic E-state index is 0.132. The fourth-order valence-electron chi connectivity index (χ4n) is 3.36. The number of amides is 1. The second-order valence-corrected chi connectivity index (χ2v) is 7.37. The Morgan fingerprint density at radius 1 is 1.03 bits per heavy atom. The molecule has 0 spiro atoms. The molecule has 0 radical (unpaired) electrons. The smallest absolute Gasteiger partial charge is 0.259 e. The molecular formula is C25H23FN4O. The van der Waals surface area contributed by atoms with E-state index in [4.69, 9.17) is 0 Å². The standard InChI is InChI=1S/C25H23FN4O/c1-18-6-12-22(13-7-18)27-15-25(31)29-28-14-20-17-30(24-5-3-2-4-23(20)24)16-19-8-10-21(26)11-9-19/h2-14,17,27H,15-16H2,1H3,(H,29,31)/b28-14-. The third kappa shape index (κ3) is 5.17. The second-order valence-electron chi connectivity index (χ2n) is 7.37. The van der Waals surface area contributed by atoms with Gasteiger partial charge in [0.2, 0.25) is 0 Å². The topological polar surface area (TPSA) is 58.4 Å². The Morgan fingerprint density at radius 3 is 2.55 bits per heavy atom. The zero-order valence-corrected chi connectivity index (χ0v) is 17.2. The van der Waals surface area contributed by atoms with Crippen molar-refractivity contribution >= 4 is 28.7 Å². The first kappa shape index (κ1) is 20.3. The van der Waals surface area contributed by atoms with Gasteiger partial charge in [-0.3, -0.25) is 4.79 Å². The van der Waals surface area contributed by atoms with Gasteiger partial charge in [0.25, 0.3) is 5.91 Å². The Morgan fingerprint density at radius 2 is 1.77 bits per heavy atom. The van der Waals surface area contributed by atoms with E-state index in [1.54, 1.807) is 18.3 Å². The van der Waals surface area contributed by atoms with Crippen LogP contribution in [-0.2, 0) is 11.3 Å². The van der Waals surface area contributed by atoms with Gasteiger partial charge in [0.15, 0.2) is 0 Å². The number of hydrogen-bond acceptors (Lipinski definition) is 3. The number of nitrogens with one attached hydrogen (secondary N) is 2. The third-order valence-corrected chi connectivity index (χ3v) is 4.98. The molecule has 31 heavy (non-hydrogen) atoms. The molecule has 0 saturated carbocycles. The van der Waals surface area contributed by atoms with Gasteiger partial charge in [-0.1, -0.05) is 48.0 Å². The zero-order valence-electron chi connectivity index (χ0n) is 17.2. The van der Waals surface area contributed by atoms with E-state index in [9.17, 15) is 9.18 Å². The van der Waals surface area contributed by atoms with Crippen LogP contribution in [-0.4, -0.2) is 23.2 Å². The molecule has 2 N–H and O–H groups in total. The third-order valence-electron chi connectivity index (χ3n) is 4.98. The molecule has 1 aromatic heterocycles. The number of rotatable bonds is 7. The zero-order chi connectivity index (χ0) is 21.6. The van der Waals surface area contributed by atoms with Crippen molar-refractivity contribution in [1.82, 2.24) is 9.99 Å². The van der Waals surface area contributed by atoms with E-state index in [2.05, 4.69) is 20.4 Å². The summed E-state index contributed by atoms with van der Waals surface area (Å²) in [6.07, 6.45) is 3.63. The monoisotopic (exact) mass is 414 g/mol. The molecule has 0 aliphatic carbocycles. The van der Waals surface area contributed by atoms with Crippen LogP contribution in [0.1, 0.15) is 16.7 Å². The van der Waals surface area contributed by atoms with Crippen LogP contribution >= 0.6 is 0 Å². The summed E-state index contributed by atoms with van der Waals surface area (Å²) in [7, 11) is 0. The average molecular weight is 414 g/mol. The Kier molecular flexibility index (Phi) is 6.08. The number of halogens is 1. The summed E-state index contributed by atoms with van der Waals surface area (Å²) in [5.74, 6) is -0.478. The van der Waals surface area contributed by atoms with Crippen LogP contribution in [0.15, 0.2) is 84.1 Å². The van der Waals surface area contributed by atoms with Crippen LogP contribution in [0.5, 0.6) is 0 Å². The molecule has 1 amide bonds. The fourth-order valence-corrected chi connectivity index (χ4v) is 3.36. The predicted octanol–water partition coefficient (Wildman–Crippen LogP) is 4.70. The Balaban J connectivity index is 1.42. The number of anilines is 1. The van der Waals surface area contributed by atoms with Crippen LogP contribution in [0.25, 0.3) is 10.9 Å². The van der Waals surface area contributed by atoms with Gasteiger partial charge in [-0.15, -0.1) is 0 Å². The maximum absolute atomic E-state index is 13.2. The molecule has 0 aliphatic rings. The Bertz CT molecular complexity index is 1210. The molecule has 0 aliphatic heterocycles. The highest BCUT2D eigenvalue weighted by molar-refractivity contribution is 5.99. The van der Waals surface area contributed by atoms with Gasteiger partial charge in [-0.05, 0) is 42.8 Å². The van der Waals surface area contributed by atoms with Crippen LogP contribution in [0.2, 0.25) is 0 Å².